The highest BCUT2D eigenvalue weighted by Gasteiger charge is 2.26. The van der Waals surface area contributed by atoms with Crippen molar-refractivity contribution in [3.05, 3.63) is 65.9 Å². The van der Waals surface area contributed by atoms with Crippen LogP contribution in [0.1, 0.15) is 29.8 Å². The van der Waals surface area contributed by atoms with Crippen molar-refractivity contribution in [1.82, 2.24) is 15.2 Å². The number of anilines is 1. The van der Waals surface area contributed by atoms with Crippen LogP contribution < -0.4 is 10.2 Å². The lowest BCUT2D eigenvalue weighted by atomic mass is 10.2. The number of hydrogen-bond donors (Lipinski definition) is 1. The third kappa shape index (κ3) is 6.16. The van der Waals surface area contributed by atoms with Crippen molar-refractivity contribution in [2.75, 3.05) is 37.7 Å². The summed E-state index contributed by atoms with van der Waals surface area (Å²) in [4.78, 5) is 44.8. The summed E-state index contributed by atoms with van der Waals surface area (Å²) in [6.45, 7) is 6.06. The second kappa shape index (κ2) is 11.1. The summed E-state index contributed by atoms with van der Waals surface area (Å²) >= 11 is 0. The van der Waals surface area contributed by atoms with E-state index in [1.165, 1.54) is 12.3 Å². The number of nitrogens with one attached hydrogen (secondary N) is 1. The molecule has 1 aromatic carbocycles. The second-order valence-corrected chi connectivity index (χ2v) is 7.41. The van der Waals surface area contributed by atoms with E-state index in [2.05, 4.69) is 15.2 Å². The zero-order chi connectivity index (χ0) is 22.9. The minimum atomic E-state index is -0.614. The van der Waals surface area contributed by atoms with Crippen LogP contribution in [-0.2, 0) is 14.3 Å². The monoisotopic (exact) mass is 436 g/mol. The van der Waals surface area contributed by atoms with E-state index in [1.807, 2.05) is 30.3 Å². The second-order valence-electron chi connectivity index (χ2n) is 7.41. The zero-order valence-electron chi connectivity index (χ0n) is 18.4. The molecular weight excluding hydrogens is 408 g/mol. The van der Waals surface area contributed by atoms with E-state index in [-0.39, 0.29) is 11.8 Å². The molecule has 1 aromatic heterocycles. The van der Waals surface area contributed by atoms with Crippen LogP contribution >= 0.6 is 0 Å². The predicted molar refractivity (Wildman–Crippen MR) is 122 cm³/mol. The smallest absolute Gasteiger partial charge is 0.339 e. The predicted octanol–water partition coefficient (Wildman–Crippen LogP) is 2.12. The minimum absolute atomic E-state index is 0.114. The van der Waals surface area contributed by atoms with E-state index >= 15 is 0 Å². The zero-order valence-corrected chi connectivity index (χ0v) is 18.4. The number of benzene rings is 1. The number of esters is 1. The summed E-state index contributed by atoms with van der Waals surface area (Å²) in [6.07, 6.45) is 4.65. The number of hydrogen-bond acceptors (Lipinski definition) is 6. The fourth-order valence-electron chi connectivity index (χ4n) is 3.40. The van der Waals surface area contributed by atoms with Gasteiger partial charge in [-0.3, -0.25) is 9.59 Å². The highest BCUT2D eigenvalue weighted by Crippen LogP contribution is 2.15. The first-order valence-corrected chi connectivity index (χ1v) is 10.7. The van der Waals surface area contributed by atoms with Crippen LogP contribution in [-0.4, -0.2) is 66.5 Å². The lowest BCUT2D eigenvalue weighted by Crippen LogP contribution is -2.54. The molecule has 1 aliphatic rings. The Balaban J connectivity index is 1.47. The largest absolute Gasteiger partial charge is 0.462 e. The van der Waals surface area contributed by atoms with Crippen molar-refractivity contribution in [3.63, 3.8) is 0 Å². The molecule has 1 aliphatic heterocycles. The average Bonchev–Trinajstić information content (AvgIpc) is 2.83. The molecule has 1 N–H and O–H groups in total. The van der Waals surface area contributed by atoms with Crippen molar-refractivity contribution in [1.29, 1.82) is 0 Å². The number of amides is 2. The van der Waals surface area contributed by atoms with Crippen LogP contribution in [0.15, 0.2) is 54.7 Å². The molecule has 1 atom stereocenters. The number of nitrogens with zero attached hydrogens (tertiary/aromatic N) is 3. The molecule has 1 saturated heterocycles. The maximum Gasteiger partial charge on any atom is 0.339 e. The Bertz CT molecular complexity index is 952. The van der Waals surface area contributed by atoms with E-state index in [1.54, 1.807) is 37.0 Å². The quantitative estimate of drug-likeness (QED) is 0.528. The van der Waals surface area contributed by atoms with Crippen LogP contribution in [0, 0.1) is 0 Å². The Hall–Kier alpha value is -3.68. The SMILES string of the molecule is CCOC(=O)c1ccc(N2CCN(C(=O)C(C)NC(=O)/C=C/c3ccccc3)CC2)nc1. The van der Waals surface area contributed by atoms with Gasteiger partial charge in [0.05, 0.1) is 12.2 Å². The molecule has 168 valence electrons. The number of rotatable bonds is 7. The summed E-state index contributed by atoms with van der Waals surface area (Å²) in [7, 11) is 0. The molecule has 2 heterocycles. The van der Waals surface area contributed by atoms with Gasteiger partial charge in [-0.05, 0) is 37.6 Å². The maximum absolute atomic E-state index is 12.7. The lowest BCUT2D eigenvalue weighted by molar-refractivity contribution is -0.135. The molecule has 8 nitrogen and oxygen atoms in total. The fraction of sp³-hybridized carbons (Fsp3) is 0.333. The number of carbonyl (C=O) groups excluding carboxylic acids is 3. The van der Waals surface area contributed by atoms with Crippen LogP contribution in [0.4, 0.5) is 5.82 Å². The molecule has 3 rings (SSSR count). The van der Waals surface area contributed by atoms with Gasteiger partial charge in [-0.1, -0.05) is 30.3 Å². The van der Waals surface area contributed by atoms with E-state index in [4.69, 9.17) is 4.74 Å². The van der Waals surface area contributed by atoms with Gasteiger partial charge >= 0.3 is 5.97 Å². The number of pyridine rings is 1. The third-order valence-electron chi connectivity index (χ3n) is 5.13. The molecule has 0 radical (unpaired) electrons. The molecule has 0 aliphatic carbocycles. The molecule has 1 unspecified atom stereocenters. The van der Waals surface area contributed by atoms with Crippen molar-refractivity contribution in [2.45, 2.75) is 19.9 Å². The fourth-order valence-corrected chi connectivity index (χ4v) is 3.40. The molecule has 8 heteroatoms. The van der Waals surface area contributed by atoms with Gasteiger partial charge in [-0.2, -0.15) is 0 Å². The van der Waals surface area contributed by atoms with Gasteiger partial charge in [0.1, 0.15) is 11.9 Å². The molecular formula is C24H28N4O4. The molecule has 2 amide bonds. The Kier molecular flexibility index (Phi) is 7.96. The van der Waals surface area contributed by atoms with E-state index < -0.39 is 12.0 Å². The van der Waals surface area contributed by atoms with Crippen LogP contribution in [0.3, 0.4) is 0 Å². The summed E-state index contributed by atoms with van der Waals surface area (Å²) in [6, 6.07) is 12.4. The van der Waals surface area contributed by atoms with Crippen molar-refractivity contribution >= 4 is 29.7 Å². The first kappa shape index (κ1) is 23.0. The summed E-state index contributed by atoms with van der Waals surface area (Å²) in [5.41, 5.74) is 1.33. The number of ether oxygens (including phenoxy) is 1. The maximum atomic E-state index is 12.7. The number of carbonyl (C=O) groups is 3. The Labute approximate surface area is 187 Å². The Morgan fingerprint density at radius 1 is 1.09 bits per heavy atom. The normalized spacial score (nSPS) is 14.8. The van der Waals surface area contributed by atoms with Gasteiger partial charge in [-0.15, -0.1) is 0 Å². The van der Waals surface area contributed by atoms with Gasteiger partial charge in [0.15, 0.2) is 0 Å². The molecule has 1 fully saturated rings. The molecule has 0 bridgehead atoms. The number of aromatic nitrogens is 1. The van der Waals surface area contributed by atoms with Gasteiger partial charge in [0, 0.05) is 38.5 Å². The van der Waals surface area contributed by atoms with Gasteiger partial charge < -0.3 is 19.9 Å². The minimum Gasteiger partial charge on any atom is -0.462 e. The summed E-state index contributed by atoms with van der Waals surface area (Å²) in [5.74, 6) is -0.0647. The highest BCUT2D eigenvalue weighted by atomic mass is 16.5. The van der Waals surface area contributed by atoms with Crippen molar-refractivity contribution in [2.24, 2.45) is 0 Å². The average molecular weight is 437 g/mol. The van der Waals surface area contributed by atoms with E-state index in [9.17, 15) is 14.4 Å². The first-order chi connectivity index (χ1) is 15.5. The standard InChI is InChI=1S/C24H28N4O4/c1-3-32-24(31)20-10-11-21(25-17-20)27-13-15-28(16-14-27)23(30)18(2)26-22(29)12-9-19-7-5-4-6-8-19/h4-12,17-18H,3,13-16H2,1-2H3,(H,26,29)/b12-9+. The van der Waals surface area contributed by atoms with Crippen LogP contribution in [0.25, 0.3) is 6.08 Å². The van der Waals surface area contributed by atoms with Crippen molar-refractivity contribution < 1.29 is 19.1 Å². The summed E-state index contributed by atoms with van der Waals surface area (Å²) in [5, 5.41) is 2.73. The van der Waals surface area contributed by atoms with Crippen LogP contribution in [0.2, 0.25) is 0 Å². The van der Waals surface area contributed by atoms with Crippen LogP contribution in [0.5, 0.6) is 0 Å². The topological polar surface area (TPSA) is 91.8 Å². The van der Waals surface area contributed by atoms with Gasteiger partial charge in [0.25, 0.3) is 0 Å². The highest BCUT2D eigenvalue weighted by molar-refractivity contribution is 5.95. The first-order valence-electron chi connectivity index (χ1n) is 10.7. The third-order valence-corrected chi connectivity index (χ3v) is 5.13. The van der Waals surface area contributed by atoms with Gasteiger partial charge in [0.2, 0.25) is 11.8 Å². The van der Waals surface area contributed by atoms with E-state index in [0.29, 0.717) is 38.3 Å². The van der Waals surface area contributed by atoms with Crippen molar-refractivity contribution in [3.8, 4) is 0 Å². The van der Waals surface area contributed by atoms with E-state index in [0.717, 1.165) is 11.4 Å². The molecule has 0 spiro atoms. The Morgan fingerprint density at radius 2 is 1.81 bits per heavy atom. The Morgan fingerprint density at radius 3 is 2.44 bits per heavy atom. The molecule has 0 saturated carbocycles. The van der Waals surface area contributed by atoms with Gasteiger partial charge in [-0.25, -0.2) is 9.78 Å². The lowest BCUT2D eigenvalue weighted by Gasteiger charge is -2.36. The summed E-state index contributed by atoms with van der Waals surface area (Å²) < 4.78 is 4.97. The number of piperazine rings is 1. The molecule has 2 aromatic rings. The molecule has 32 heavy (non-hydrogen) atoms.